The van der Waals surface area contributed by atoms with Crippen molar-refractivity contribution in [3.63, 3.8) is 0 Å². The van der Waals surface area contributed by atoms with Gasteiger partial charge in [0.2, 0.25) is 5.89 Å². The summed E-state index contributed by atoms with van der Waals surface area (Å²) in [6.07, 6.45) is 1.74. The Morgan fingerprint density at radius 3 is 2.73 bits per heavy atom. The quantitative estimate of drug-likeness (QED) is 0.936. The van der Waals surface area contributed by atoms with Crippen LogP contribution in [0.1, 0.15) is 46.5 Å². The van der Waals surface area contributed by atoms with Gasteiger partial charge in [-0.1, -0.05) is 5.16 Å². The molecule has 7 heteroatoms. The number of carbonyl (C=O) groups is 1. The number of hydrogen-bond donors (Lipinski definition) is 1. The third-order valence-electron chi connectivity index (χ3n) is 3.93. The van der Waals surface area contributed by atoms with Crippen molar-refractivity contribution >= 4 is 17.2 Å². The summed E-state index contributed by atoms with van der Waals surface area (Å²) in [6.45, 7) is 5.11. The molecule has 3 rings (SSSR count). The van der Waals surface area contributed by atoms with E-state index in [1.165, 1.54) is 11.3 Å². The standard InChI is InChI=1S/C15H19N3O3S/c1-9-7-22-8-12(9)14(19)17-13(11-3-5-20-6-4-11)15-16-10(2)18-21-15/h7-8,11,13H,3-6H2,1-2H3,(H,17,19)/t13-/m0/s1. The van der Waals surface area contributed by atoms with E-state index in [4.69, 9.17) is 9.26 Å². The Bertz CT molecular complexity index is 646. The lowest BCUT2D eigenvalue weighted by atomic mass is 9.91. The Morgan fingerprint density at radius 1 is 1.36 bits per heavy atom. The molecule has 6 nitrogen and oxygen atoms in total. The summed E-state index contributed by atoms with van der Waals surface area (Å²) >= 11 is 1.52. The summed E-state index contributed by atoms with van der Waals surface area (Å²) in [4.78, 5) is 16.8. The van der Waals surface area contributed by atoms with Crippen LogP contribution in [0, 0.1) is 19.8 Å². The van der Waals surface area contributed by atoms with Gasteiger partial charge in [-0.2, -0.15) is 16.3 Å². The maximum Gasteiger partial charge on any atom is 0.253 e. The molecule has 3 heterocycles. The molecule has 1 aliphatic rings. The summed E-state index contributed by atoms with van der Waals surface area (Å²) in [7, 11) is 0. The highest BCUT2D eigenvalue weighted by atomic mass is 32.1. The molecule has 22 heavy (non-hydrogen) atoms. The van der Waals surface area contributed by atoms with Gasteiger partial charge in [-0.15, -0.1) is 0 Å². The van der Waals surface area contributed by atoms with Gasteiger partial charge in [-0.05, 0) is 43.6 Å². The van der Waals surface area contributed by atoms with E-state index in [1.807, 2.05) is 17.7 Å². The van der Waals surface area contributed by atoms with E-state index in [-0.39, 0.29) is 17.9 Å². The number of ether oxygens (including phenoxy) is 1. The third-order valence-corrected chi connectivity index (χ3v) is 4.79. The van der Waals surface area contributed by atoms with Crippen molar-refractivity contribution in [1.82, 2.24) is 15.5 Å². The van der Waals surface area contributed by atoms with Crippen LogP contribution in [-0.2, 0) is 4.74 Å². The van der Waals surface area contributed by atoms with E-state index in [0.29, 0.717) is 30.5 Å². The monoisotopic (exact) mass is 321 g/mol. The number of hydrogen-bond acceptors (Lipinski definition) is 6. The van der Waals surface area contributed by atoms with Crippen molar-refractivity contribution in [2.75, 3.05) is 13.2 Å². The predicted molar refractivity (Wildman–Crippen MR) is 81.8 cm³/mol. The molecule has 0 aliphatic carbocycles. The number of nitrogens with one attached hydrogen (secondary N) is 1. The molecule has 1 fully saturated rings. The zero-order chi connectivity index (χ0) is 15.5. The molecular weight excluding hydrogens is 302 g/mol. The summed E-state index contributed by atoms with van der Waals surface area (Å²) in [5, 5.41) is 10.8. The second kappa shape index (κ2) is 6.58. The molecule has 118 valence electrons. The molecule has 1 N–H and O–H groups in total. The van der Waals surface area contributed by atoms with E-state index in [2.05, 4.69) is 15.5 Å². The van der Waals surface area contributed by atoms with Crippen LogP contribution in [0.2, 0.25) is 0 Å². The van der Waals surface area contributed by atoms with Crippen LogP contribution in [0.5, 0.6) is 0 Å². The van der Waals surface area contributed by atoms with E-state index in [0.717, 1.165) is 18.4 Å². The minimum Gasteiger partial charge on any atom is -0.381 e. The summed E-state index contributed by atoms with van der Waals surface area (Å²) in [5.41, 5.74) is 1.69. The van der Waals surface area contributed by atoms with E-state index in [1.54, 1.807) is 6.92 Å². The van der Waals surface area contributed by atoms with Crippen molar-refractivity contribution in [2.45, 2.75) is 32.7 Å². The van der Waals surface area contributed by atoms with Crippen molar-refractivity contribution in [2.24, 2.45) is 5.92 Å². The molecule has 0 saturated carbocycles. The Balaban J connectivity index is 1.82. The second-order valence-electron chi connectivity index (χ2n) is 5.55. The molecule has 1 saturated heterocycles. The van der Waals surface area contributed by atoms with Crippen LogP contribution in [0.25, 0.3) is 0 Å². The van der Waals surface area contributed by atoms with Gasteiger partial charge in [0.15, 0.2) is 5.82 Å². The first kappa shape index (κ1) is 15.2. The average Bonchev–Trinajstić information content (AvgIpc) is 3.14. The van der Waals surface area contributed by atoms with Crippen molar-refractivity contribution in [3.05, 3.63) is 33.6 Å². The van der Waals surface area contributed by atoms with Crippen LogP contribution in [0.15, 0.2) is 15.3 Å². The topological polar surface area (TPSA) is 77.2 Å². The smallest absolute Gasteiger partial charge is 0.253 e. The van der Waals surface area contributed by atoms with Crippen molar-refractivity contribution < 1.29 is 14.1 Å². The Labute approximate surface area is 132 Å². The normalized spacial score (nSPS) is 17.4. The van der Waals surface area contributed by atoms with Crippen LogP contribution in [0.4, 0.5) is 0 Å². The SMILES string of the molecule is Cc1noc([C@@H](NC(=O)c2cscc2C)C2CCOCC2)n1. The minimum atomic E-state index is -0.267. The Kier molecular flexibility index (Phi) is 4.54. The fraction of sp³-hybridized carbons (Fsp3) is 0.533. The van der Waals surface area contributed by atoms with Gasteiger partial charge < -0.3 is 14.6 Å². The fourth-order valence-corrected chi connectivity index (χ4v) is 3.51. The number of thiophene rings is 1. The number of rotatable bonds is 4. The Morgan fingerprint density at radius 2 is 2.14 bits per heavy atom. The van der Waals surface area contributed by atoms with E-state index >= 15 is 0 Å². The lowest BCUT2D eigenvalue weighted by Crippen LogP contribution is -2.36. The van der Waals surface area contributed by atoms with Gasteiger partial charge in [-0.25, -0.2) is 0 Å². The predicted octanol–water partition coefficient (Wildman–Crippen LogP) is 2.65. The molecular formula is C15H19N3O3S. The number of amides is 1. The summed E-state index contributed by atoms with van der Waals surface area (Å²) in [6, 6.07) is -0.267. The van der Waals surface area contributed by atoms with E-state index < -0.39 is 0 Å². The maximum absolute atomic E-state index is 12.5. The largest absolute Gasteiger partial charge is 0.381 e. The van der Waals surface area contributed by atoms with Crippen LogP contribution < -0.4 is 5.32 Å². The minimum absolute atomic E-state index is 0.0916. The molecule has 0 spiro atoms. The van der Waals surface area contributed by atoms with Gasteiger partial charge in [0, 0.05) is 18.6 Å². The number of nitrogens with zero attached hydrogens (tertiary/aromatic N) is 2. The molecule has 0 aromatic carbocycles. The fourth-order valence-electron chi connectivity index (χ4n) is 2.68. The van der Waals surface area contributed by atoms with Crippen molar-refractivity contribution in [1.29, 1.82) is 0 Å². The molecule has 0 radical (unpaired) electrons. The third kappa shape index (κ3) is 3.20. The first-order valence-corrected chi connectivity index (χ1v) is 8.31. The van der Waals surface area contributed by atoms with Crippen LogP contribution in [-0.4, -0.2) is 29.3 Å². The maximum atomic E-state index is 12.5. The van der Waals surface area contributed by atoms with Gasteiger partial charge >= 0.3 is 0 Å². The highest BCUT2D eigenvalue weighted by Gasteiger charge is 2.31. The molecule has 1 amide bonds. The zero-order valence-electron chi connectivity index (χ0n) is 12.7. The molecule has 1 aliphatic heterocycles. The molecule has 2 aromatic rings. The van der Waals surface area contributed by atoms with E-state index in [9.17, 15) is 4.79 Å². The molecule has 1 atom stereocenters. The Hall–Kier alpha value is -1.73. The van der Waals surface area contributed by atoms with Gasteiger partial charge in [0.05, 0.1) is 5.56 Å². The van der Waals surface area contributed by atoms with Crippen LogP contribution in [0.3, 0.4) is 0 Å². The molecule has 0 unspecified atom stereocenters. The van der Waals surface area contributed by atoms with Gasteiger partial charge in [0.25, 0.3) is 5.91 Å². The van der Waals surface area contributed by atoms with Gasteiger partial charge in [-0.3, -0.25) is 4.79 Å². The summed E-state index contributed by atoms with van der Waals surface area (Å²) in [5.74, 6) is 1.21. The lowest BCUT2D eigenvalue weighted by molar-refractivity contribution is 0.0467. The summed E-state index contributed by atoms with van der Waals surface area (Å²) < 4.78 is 10.7. The van der Waals surface area contributed by atoms with Crippen molar-refractivity contribution in [3.8, 4) is 0 Å². The first-order valence-electron chi connectivity index (χ1n) is 7.36. The highest BCUT2D eigenvalue weighted by molar-refractivity contribution is 7.08. The first-order chi connectivity index (χ1) is 10.6. The molecule has 2 aromatic heterocycles. The molecule has 0 bridgehead atoms. The number of aryl methyl sites for hydroxylation is 2. The second-order valence-corrected chi connectivity index (χ2v) is 6.29. The average molecular weight is 321 g/mol. The lowest BCUT2D eigenvalue weighted by Gasteiger charge is -2.28. The van der Waals surface area contributed by atoms with Crippen LogP contribution >= 0.6 is 11.3 Å². The van der Waals surface area contributed by atoms with Gasteiger partial charge in [0.1, 0.15) is 6.04 Å². The number of aromatic nitrogens is 2. The zero-order valence-corrected chi connectivity index (χ0v) is 13.5. The highest BCUT2D eigenvalue weighted by Crippen LogP contribution is 2.30. The number of carbonyl (C=O) groups excluding carboxylic acids is 1.